The Morgan fingerprint density at radius 2 is 2.08 bits per heavy atom. The average Bonchev–Trinajstić information content (AvgIpc) is 3.01. The lowest BCUT2D eigenvalue weighted by atomic mass is 10.2. The van der Waals surface area contributed by atoms with Crippen molar-refractivity contribution in [1.82, 2.24) is 25.2 Å². The summed E-state index contributed by atoms with van der Waals surface area (Å²) in [4.78, 5) is 4.58. The highest BCUT2D eigenvalue weighted by atomic mass is 35.5. The van der Waals surface area contributed by atoms with Crippen LogP contribution in [0.4, 0.5) is 0 Å². The van der Waals surface area contributed by atoms with Crippen LogP contribution in [0.3, 0.4) is 0 Å². The molecular weight excluding hydrogens is 324 g/mol. The van der Waals surface area contributed by atoms with Crippen molar-refractivity contribution >= 4 is 23.2 Å². The second kappa shape index (κ2) is 7.79. The number of halogens is 1. The molecule has 24 heavy (non-hydrogen) atoms. The minimum Gasteiger partial charge on any atom is -0.357 e. The Morgan fingerprint density at radius 1 is 1.17 bits per heavy atom. The molecule has 0 fully saturated rings. The standard InChI is InChI=1S/C17H19ClN6/c1-2-19-17(20-11-13-6-5-7-14(18)10-13)21-12-16-23-22-15-8-3-4-9-24(15)16/h3-10H,2,11-12H2,1H3,(H2,19,20,21). The van der Waals surface area contributed by atoms with Crippen LogP contribution < -0.4 is 10.6 Å². The number of nitrogens with one attached hydrogen (secondary N) is 2. The lowest BCUT2D eigenvalue weighted by molar-refractivity contribution is 0.765. The summed E-state index contributed by atoms with van der Waals surface area (Å²) in [5.74, 6) is 1.56. The summed E-state index contributed by atoms with van der Waals surface area (Å²) >= 11 is 6.01. The number of aliphatic imine (C=N–C) groups is 1. The Bertz CT molecular complexity index is 842. The Morgan fingerprint density at radius 3 is 2.92 bits per heavy atom. The first kappa shape index (κ1) is 16.3. The van der Waals surface area contributed by atoms with Gasteiger partial charge in [-0.2, -0.15) is 0 Å². The van der Waals surface area contributed by atoms with Crippen molar-refractivity contribution in [2.45, 2.75) is 20.0 Å². The van der Waals surface area contributed by atoms with Crippen molar-refractivity contribution in [3.63, 3.8) is 0 Å². The van der Waals surface area contributed by atoms with Crippen molar-refractivity contribution < 1.29 is 0 Å². The van der Waals surface area contributed by atoms with Gasteiger partial charge in [0.25, 0.3) is 0 Å². The Balaban J connectivity index is 1.68. The van der Waals surface area contributed by atoms with E-state index in [2.05, 4.69) is 25.8 Å². The van der Waals surface area contributed by atoms with E-state index in [9.17, 15) is 0 Å². The van der Waals surface area contributed by atoms with E-state index in [4.69, 9.17) is 11.6 Å². The predicted octanol–water partition coefficient (Wildman–Crippen LogP) is 2.64. The number of guanidine groups is 1. The van der Waals surface area contributed by atoms with E-state index in [0.717, 1.165) is 34.6 Å². The van der Waals surface area contributed by atoms with Crippen LogP contribution in [0.2, 0.25) is 5.02 Å². The molecule has 0 spiro atoms. The monoisotopic (exact) mass is 342 g/mol. The van der Waals surface area contributed by atoms with Gasteiger partial charge < -0.3 is 10.6 Å². The van der Waals surface area contributed by atoms with Gasteiger partial charge in [-0.15, -0.1) is 10.2 Å². The first-order chi connectivity index (χ1) is 11.8. The van der Waals surface area contributed by atoms with Gasteiger partial charge in [0.05, 0.1) is 13.1 Å². The SMILES string of the molecule is CCNC(=NCc1cccc(Cl)c1)NCc1nnc2ccccn12. The molecule has 2 heterocycles. The molecule has 0 radical (unpaired) electrons. The van der Waals surface area contributed by atoms with Crippen LogP contribution >= 0.6 is 11.6 Å². The number of nitrogens with zero attached hydrogens (tertiary/aromatic N) is 4. The summed E-state index contributed by atoms with van der Waals surface area (Å²) in [6, 6.07) is 13.5. The molecular formula is C17H19ClN6. The zero-order valence-corrected chi connectivity index (χ0v) is 14.2. The molecule has 0 aliphatic carbocycles. The van der Waals surface area contributed by atoms with Gasteiger partial charge >= 0.3 is 0 Å². The number of pyridine rings is 1. The molecule has 0 bridgehead atoms. The maximum absolute atomic E-state index is 6.01. The summed E-state index contributed by atoms with van der Waals surface area (Å²) in [7, 11) is 0. The van der Waals surface area contributed by atoms with Crippen LogP contribution in [0.5, 0.6) is 0 Å². The van der Waals surface area contributed by atoms with Gasteiger partial charge in [0.1, 0.15) is 0 Å². The summed E-state index contributed by atoms with van der Waals surface area (Å²) < 4.78 is 1.95. The van der Waals surface area contributed by atoms with E-state index < -0.39 is 0 Å². The lowest BCUT2D eigenvalue weighted by Gasteiger charge is -2.10. The Hall–Kier alpha value is -2.60. The predicted molar refractivity (Wildman–Crippen MR) is 96.1 cm³/mol. The molecule has 2 N–H and O–H groups in total. The minimum atomic E-state index is 0.534. The molecule has 1 aromatic carbocycles. The van der Waals surface area contributed by atoms with Gasteiger partial charge in [0.15, 0.2) is 17.4 Å². The molecule has 0 saturated carbocycles. The van der Waals surface area contributed by atoms with Crippen molar-refractivity contribution in [3.05, 3.63) is 65.1 Å². The fourth-order valence-corrected chi connectivity index (χ4v) is 2.53. The summed E-state index contributed by atoms with van der Waals surface area (Å²) in [6.07, 6.45) is 1.95. The lowest BCUT2D eigenvalue weighted by Crippen LogP contribution is -2.37. The van der Waals surface area contributed by atoms with Crippen LogP contribution in [0.1, 0.15) is 18.3 Å². The average molecular weight is 343 g/mol. The van der Waals surface area contributed by atoms with Gasteiger partial charge in [0.2, 0.25) is 0 Å². The molecule has 3 rings (SSSR count). The van der Waals surface area contributed by atoms with E-state index >= 15 is 0 Å². The number of hydrogen-bond acceptors (Lipinski definition) is 3. The molecule has 3 aromatic rings. The number of benzene rings is 1. The second-order valence-corrected chi connectivity index (χ2v) is 5.66. The van der Waals surface area contributed by atoms with E-state index in [1.165, 1.54) is 0 Å². The van der Waals surface area contributed by atoms with Crippen LogP contribution in [-0.4, -0.2) is 27.1 Å². The third kappa shape index (κ3) is 4.02. The number of fused-ring (bicyclic) bond motifs is 1. The number of rotatable bonds is 5. The smallest absolute Gasteiger partial charge is 0.191 e. The van der Waals surface area contributed by atoms with E-state index in [1.54, 1.807) is 0 Å². The maximum Gasteiger partial charge on any atom is 0.191 e. The first-order valence-corrected chi connectivity index (χ1v) is 8.19. The highest BCUT2D eigenvalue weighted by Crippen LogP contribution is 2.11. The molecule has 2 aromatic heterocycles. The van der Waals surface area contributed by atoms with E-state index in [1.807, 2.05) is 60.0 Å². The molecule has 0 atom stereocenters. The highest BCUT2D eigenvalue weighted by Gasteiger charge is 2.05. The quantitative estimate of drug-likeness (QED) is 0.552. The molecule has 0 aliphatic rings. The third-order valence-corrected chi connectivity index (χ3v) is 3.69. The Labute approximate surface area is 145 Å². The normalized spacial score (nSPS) is 11.7. The minimum absolute atomic E-state index is 0.534. The van der Waals surface area contributed by atoms with Crippen LogP contribution in [0, 0.1) is 0 Å². The van der Waals surface area contributed by atoms with Crippen molar-refractivity contribution in [2.24, 2.45) is 4.99 Å². The zero-order chi connectivity index (χ0) is 16.8. The number of hydrogen-bond donors (Lipinski definition) is 2. The second-order valence-electron chi connectivity index (χ2n) is 5.22. The van der Waals surface area contributed by atoms with Gasteiger partial charge in [-0.3, -0.25) is 4.40 Å². The molecule has 7 heteroatoms. The van der Waals surface area contributed by atoms with Gasteiger partial charge in [-0.1, -0.05) is 29.8 Å². The highest BCUT2D eigenvalue weighted by molar-refractivity contribution is 6.30. The topological polar surface area (TPSA) is 66.6 Å². The largest absolute Gasteiger partial charge is 0.357 e. The fourth-order valence-electron chi connectivity index (χ4n) is 2.32. The maximum atomic E-state index is 6.01. The van der Waals surface area contributed by atoms with Gasteiger partial charge in [0, 0.05) is 17.8 Å². The molecule has 0 saturated heterocycles. The summed E-state index contributed by atoms with van der Waals surface area (Å²) in [5, 5.41) is 15.6. The first-order valence-electron chi connectivity index (χ1n) is 7.81. The van der Waals surface area contributed by atoms with Crippen molar-refractivity contribution in [1.29, 1.82) is 0 Å². The van der Waals surface area contributed by atoms with Crippen LogP contribution in [-0.2, 0) is 13.1 Å². The van der Waals surface area contributed by atoms with Crippen molar-refractivity contribution in [3.8, 4) is 0 Å². The molecule has 0 amide bonds. The molecule has 0 unspecified atom stereocenters. The fraction of sp³-hybridized carbons (Fsp3) is 0.235. The van der Waals surface area contributed by atoms with Crippen LogP contribution in [0.15, 0.2) is 53.7 Å². The van der Waals surface area contributed by atoms with Crippen molar-refractivity contribution in [2.75, 3.05) is 6.54 Å². The number of aromatic nitrogens is 3. The zero-order valence-electron chi connectivity index (χ0n) is 13.4. The van der Waals surface area contributed by atoms with Gasteiger partial charge in [-0.05, 0) is 36.8 Å². The van der Waals surface area contributed by atoms with E-state index in [0.29, 0.717) is 13.1 Å². The Kier molecular flexibility index (Phi) is 5.28. The van der Waals surface area contributed by atoms with Gasteiger partial charge in [-0.25, -0.2) is 4.99 Å². The summed E-state index contributed by atoms with van der Waals surface area (Å²) in [6.45, 7) is 3.90. The molecule has 124 valence electrons. The van der Waals surface area contributed by atoms with Crippen LogP contribution in [0.25, 0.3) is 5.65 Å². The third-order valence-electron chi connectivity index (χ3n) is 3.45. The van der Waals surface area contributed by atoms with E-state index in [-0.39, 0.29) is 0 Å². The molecule has 6 nitrogen and oxygen atoms in total. The molecule has 0 aliphatic heterocycles. The summed E-state index contributed by atoms with van der Waals surface area (Å²) in [5.41, 5.74) is 1.89.